The molecule has 0 aliphatic carbocycles. The van der Waals surface area contributed by atoms with Crippen molar-refractivity contribution in [2.75, 3.05) is 19.7 Å². The number of carbonyl (C=O) groups excluding carboxylic acids is 1. The largest absolute Gasteiger partial charge is 0.478 e. The first-order valence-electron chi connectivity index (χ1n) is 8.63. The molecule has 6 nitrogen and oxygen atoms in total. The van der Waals surface area contributed by atoms with E-state index in [1.54, 1.807) is 6.20 Å². The van der Waals surface area contributed by atoms with E-state index >= 15 is 0 Å². The number of aromatic nitrogens is 1. The van der Waals surface area contributed by atoms with Crippen molar-refractivity contribution in [2.24, 2.45) is 0 Å². The number of nitrogens with one attached hydrogen (secondary N) is 2. The Labute approximate surface area is 137 Å². The molecule has 0 radical (unpaired) electrons. The highest BCUT2D eigenvalue weighted by Crippen LogP contribution is 2.27. The van der Waals surface area contributed by atoms with Gasteiger partial charge in [-0.15, -0.1) is 0 Å². The number of fused-ring (bicyclic) bond motifs is 1. The van der Waals surface area contributed by atoms with Gasteiger partial charge in [-0.1, -0.05) is 12.5 Å². The van der Waals surface area contributed by atoms with Gasteiger partial charge >= 0.3 is 6.03 Å². The average molecular weight is 318 g/mol. The SMILES string of the molecule is CCOc1ncccc1CNC(=O)N[C@@H]1CCN2CCCC[C@@H]12. The van der Waals surface area contributed by atoms with Gasteiger partial charge in [0.25, 0.3) is 0 Å². The molecule has 2 atom stereocenters. The Morgan fingerprint density at radius 2 is 2.30 bits per heavy atom. The highest BCUT2D eigenvalue weighted by Gasteiger charge is 2.36. The van der Waals surface area contributed by atoms with Gasteiger partial charge < -0.3 is 15.4 Å². The number of hydrogen-bond donors (Lipinski definition) is 2. The minimum atomic E-state index is -0.103. The number of amides is 2. The predicted molar refractivity (Wildman–Crippen MR) is 88.4 cm³/mol. The third-order valence-corrected chi connectivity index (χ3v) is 4.74. The predicted octanol–water partition coefficient (Wildman–Crippen LogP) is 1.91. The van der Waals surface area contributed by atoms with Crippen molar-refractivity contribution >= 4 is 6.03 Å². The Balaban J connectivity index is 1.50. The molecule has 0 saturated carbocycles. The molecule has 2 N–H and O–H groups in total. The van der Waals surface area contributed by atoms with E-state index in [0.717, 1.165) is 18.5 Å². The Morgan fingerprint density at radius 1 is 1.39 bits per heavy atom. The van der Waals surface area contributed by atoms with E-state index < -0.39 is 0 Å². The molecule has 2 aliphatic heterocycles. The van der Waals surface area contributed by atoms with Crippen molar-refractivity contribution in [1.29, 1.82) is 0 Å². The van der Waals surface area contributed by atoms with Gasteiger partial charge in [0.2, 0.25) is 5.88 Å². The third kappa shape index (κ3) is 3.93. The molecule has 0 spiro atoms. The maximum Gasteiger partial charge on any atom is 0.315 e. The molecule has 3 rings (SSSR count). The molecule has 2 saturated heterocycles. The molecule has 2 aliphatic rings. The van der Waals surface area contributed by atoms with E-state index in [9.17, 15) is 4.79 Å². The van der Waals surface area contributed by atoms with E-state index in [4.69, 9.17) is 4.74 Å². The van der Waals surface area contributed by atoms with Crippen LogP contribution in [0.15, 0.2) is 18.3 Å². The van der Waals surface area contributed by atoms with Gasteiger partial charge in [-0.25, -0.2) is 9.78 Å². The standard InChI is InChI=1S/C17H26N4O2/c1-2-23-16-13(6-5-9-18-16)12-19-17(22)20-14-8-11-21-10-4-3-7-15(14)21/h5-6,9,14-15H,2-4,7-8,10-12H2,1H3,(H2,19,20,22)/t14-,15+/m1/s1. The van der Waals surface area contributed by atoms with Crippen molar-refractivity contribution in [3.63, 3.8) is 0 Å². The second-order valence-corrected chi connectivity index (χ2v) is 6.22. The van der Waals surface area contributed by atoms with Crippen LogP contribution >= 0.6 is 0 Å². The Kier molecular flexibility index (Phi) is 5.33. The van der Waals surface area contributed by atoms with Gasteiger partial charge in [0.05, 0.1) is 6.61 Å². The minimum absolute atomic E-state index is 0.103. The van der Waals surface area contributed by atoms with Gasteiger partial charge in [0.1, 0.15) is 0 Å². The molecular formula is C17H26N4O2. The van der Waals surface area contributed by atoms with Gasteiger partial charge in [-0.05, 0) is 38.8 Å². The van der Waals surface area contributed by atoms with Gasteiger partial charge in [-0.2, -0.15) is 0 Å². The van der Waals surface area contributed by atoms with Crippen LogP contribution in [0.1, 0.15) is 38.2 Å². The molecule has 3 heterocycles. The number of pyridine rings is 1. The Hall–Kier alpha value is -1.82. The highest BCUT2D eigenvalue weighted by molar-refractivity contribution is 5.74. The summed E-state index contributed by atoms with van der Waals surface area (Å²) >= 11 is 0. The Morgan fingerprint density at radius 3 is 3.17 bits per heavy atom. The van der Waals surface area contributed by atoms with Crippen LogP contribution in [-0.4, -0.2) is 47.7 Å². The maximum atomic E-state index is 12.2. The number of rotatable bonds is 5. The first kappa shape index (κ1) is 16.1. The van der Waals surface area contributed by atoms with Crippen molar-refractivity contribution in [2.45, 2.75) is 51.2 Å². The summed E-state index contributed by atoms with van der Waals surface area (Å²) in [5.41, 5.74) is 0.898. The minimum Gasteiger partial charge on any atom is -0.478 e. The van der Waals surface area contributed by atoms with E-state index in [1.165, 1.54) is 25.8 Å². The number of urea groups is 1. The third-order valence-electron chi connectivity index (χ3n) is 4.74. The normalized spacial score (nSPS) is 24.0. The topological polar surface area (TPSA) is 66.5 Å². The van der Waals surface area contributed by atoms with Crippen molar-refractivity contribution in [3.05, 3.63) is 23.9 Å². The van der Waals surface area contributed by atoms with Crippen LogP contribution in [0.4, 0.5) is 4.79 Å². The quantitative estimate of drug-likeness (QED) is 0.870. The summed E-state index contributed by atoms with van der Waals surface area (Å²) in [5, 5.41) is 6.08. The molecule has 0 unspecified atom stereocenters. The monoisotopic (exact) mass is 318 g/mol. The molecule has 0 bridgehead atoms. The van der Waals surface area contributed by atoms with Crippen LogP contribution in [0.5, 0.6) is 5.88 Å². The summed E-state index contributed by atoms with van der Waals surface area (Å²) in [6, 6.07) is 4.47. The molecule has 126 valence electrons. The summed E-state index contributed by atoms with van der Waals surface area (Å²) in [5.74, 6) is 0.592. The molecule has 23 heavy (non-hydrogen) atoms. The van der Waals surface area contributed by atoms with Crippen LogP contribution in [0, 0.1) is 0 Å². The zero-order valence-electron chi connectivity index (χ0n) is 13.8. The van der Waals surface area contributed by atoms with Crippen LogP contribution in [-0.2, 0) is 6.54 Å². The lowest BCUT2D eigenvalue weighted by molar-refractivity contribution is 0.179. The fourth-order valence-corrected chi connectivity index (χ4v) is 3.64. The van der Waals surface area contributed by atoms with Crippen LogP contribution in [0.25, 0.3) is 0 Å². The first-order chi connectivity index (χ1) is 11.3. The van der Waals surface area contributed by atoms with Crippen LogP contribution in [0.3, 0.4) is 0 Å². The maximum absolute atomic E-state index is 12.2. The number of hydrogen-bond acceptors (Lipinski definition) is 4. The average Bonchev–Trinajstić information content (AvgIpc) is 2.98. The summed E-state index contributed by atoms with van der Waals surface area (Å²) in [6.45, 7) is 5.20. The van der Waals surface area contributed by atoms with Gasteiger partial charge in [0, 0.05) is 36.9 Å². The molecule has 2 fully saturated rings. The number of nitrogens with zero attached hydrogens (tertiary/aromatic N) is 2. The molecule has 6 heteroatoms. The Bertz CT molecular complexity index is 537. The zero-order chi connectivity index (χ0) is 16.1. The van der Waals surface area contributed by atoms with Gasteiger partial charge in [0.15, 0.2) is 0 Å². The van der Waals surface area contributed by atoms with Gasteiger partial charge in [-0.3, -0.25) is 4.90 Å². The van der Waals surface area contributed by atoms with E-state index in [1.807, 2.05) is 19.1 Å². The summed E-state index contributed by atoms with van der Waals surface area (Å²) in [7, 11) is 0. The van der Waals surface area contributed by atoms with Crippen molar-refractivity contribution in [1.82, 2.24) is 20.5 Å². The summed E-state index contributed by atoms with van der Waals surface area (Å²) in [4.78, 5) is 18.9. The smallest absolute Gasteiger partial charge is 0.315 e. The lowest BCUT2D eigenvalue weighted by Crippen LogP contribution is -2.49. The molecule has 2 amide bonds. The second kappa shape index (κ2) is 7.64. The fourth-order valence-electron chi connectivity index (χ4n) is 3.64. The fraction of sp³-hybridized carbons (Fsp3) is 0.647. The van der Waals surface area contributed by atoms with Crippen LogP contribution < -0.4 is 15.4 Å². The lowest BCUT2D eigenvalue weighted by atomic mass is 9.99. The zero-order valence-corrected chi connectivity index (χ0v) is 13.8. The second-order valence-electron chi connectivity index (χ2n) is 6.22. The van der Waals surface area contributed by atoms with Crippen molar-refractivity contribution < 1.29 is 9.53 Å². The number of carbonyl (C=O) groups is 1. The van der Waals surface area contributed by atoms with E-state index in [0.29, 0.717) is 25.1 Å². The summed E-state index contributed by atoms with van der Waals surface area (Å²) in [6.07, 6.45) is 6.51. The molecule has 1 aromatic rings. The van der Waals surface area contributed by atoms with E-state index in [-0.39, 0.29) is 12.1 Å². The molecule has 0 aromatic carbocycles. The lowest BCUT2D eigenvalue weighted by Gasteiger charge is -2.32. The van der Waals surface area contributed by atoms with Crippen LogP contribution in [0.2, 0.25) is 0 Å². The highest BCUT2D eigenvalue weighted by atomic mass is 16.5. The van der Waals surface area contributed by atoms with E-state index in [2.05, 4.69) is 20.5 Å². The van der Waals surface area contributed by atoms with Crippen molar-refractivity contribution in [3.8, 4) is 5.88 Å². The summed E-state index contributed by atoms with van der Waals surface area (Å²) < 4.78 is 5.48. The number of piperidine rings is 1. The molecule has 1 aromatic heterocycles. The molecular weight excluding hydrogens is 292 g/mol. The number of ether oxygens (including phenoxy) is 1. The first-order valence-corrected chi connectivity index (χ1v) is 8.63.